The lowest BCUT2D eigenvalue weighted by Crippen LogP contribution is -2.58. The van der Waals surface area contributed by atoms with E-state index in [4.69, 9.17) is 9.47 Å². The fraction of sp³-hybridized carbons (Fsp3) is 0.545. The van der Waals surface area contributed by atoms with Crippen molar-refractivity contribution in [2.75, 3.05) is 13.2 Å². The van der Waals surface area contributed by atoms with Gasteiger partial charge in [-0.15, -0.1) is 0 Å². The fourth-order valence-electron chi connectivity index (χ4n) is 3.39. The van der Waals surface area contributed by atoms with Gasteiger partial charge in [-0.3, -0.25) is 0 Å². The molecule has 0 aromatic heterocycles. The summed E-state index contributed by atoms with van der Waals surface area (Å²) in [5, 5.41) is 77.6. The average Bonchev–Trinajstić information content (AvgIpc) is 2.81. The van der Waals surface area contributed by atoms with E-state index in [2.05, 4.69) is 23.7 Å². The average molecular weight is 450 g/mol. The lowest BCUT2D eigenvalue weighted by atomic mass is 9.95. The van der Waals surface area contributed by atoms with Gasteiger partial charge in [0.05, 0.1) is 13.2 Å². The molecule has 10 atom stereocenters. The lowest BCUT2D eigenvalue weighted by molar-refractivity contribution is -0.214. The van der Waals surface area contributed by atoms with E-state index in [0.29, 0.717) is 11.1 Å². The van der Waals surface area contributed by atoms with Gasteiger partial charge in [0.15, 0.2) is 0 Å². The third-order valence-corrected chi connectivity index (χ3v) is 5.39. The molecule has 174 valence electrons. The van der Waals surface area contributed by atoms with Gasteiger partial charge in [0, 0.05) is 11.1 Å². The van der Waals surface area contributed by atoms with E-state index < -0.39 is 74.3 Å². The van der Waals surface area contributed by atoms with E-state index in [1.165, 1.54) is 0 Å². The summed E-state index contributed by atoms with van der Waals surface area (Å²) in [7, 11) is 0. The first kappa shape index (κ1) is 24.6. The second-order valence-electron chi connectivity index (χ2n) is 7.61. The molecule has 32 heavy (non-hydrogen) atoms. The smallest absolute Gasteiger partial charge is 0.147 e. The molecule has 0 radical (unpaired) electrons. The highest BCUT2D eigenvalue weighted by Gasteiger charge is 2.43. The molecule has 1 aromatic rings. The molecule has 8 N–H and O–H groups in total. The van der Waals surface area contributed by atoms with Crippen molar-refractivity contribution < 1.29 is 50.3 Å². The third-order valence-electron chi connectivity index (χ3n) is 5.39. The molecule has 2 saturated heterocycles. The van der Waals surface area contributed by atoms with E-state index >= 15 is 0 Å². The number of ether oxygens (including phenoxy) is 2. The second kappa shape index (κ2) is 10.7. The largest absolute Gasteiger partial charge is 0.394 e. The molecule has 0 saturated carbocycles. The molecule has 3 rings (SSSR count). The molecular weight excluding hydrogens is 424 g/mol. The summed E-state index contributed by atoms with van der Waals surface area (Å²) in [6.07, 6.45) is -13.1. The van der Waals surface area contributed by atoms with Crippen molar-refractivity contribution >= 4 is 0 Å². The molecule has 2 unspecified atom stereocenters. The molecule has 10 nitrogen and oxygen atoms in total. The molecule has 0 aliphatic carbocycles. The zero-order chi connectivity index (χ0) is 23.4. The molecular formula is C22H26O10. The van der Waals surface area contributed by atoms with Crippen LogP contribution in [0.1, 0.15) is 11.1 Å². The van der Waals surface area contributed by atoms with Crippen LogP contribution >= 0.6 is 0 Å². The number of benzene rings is 1. The van der Waals surface area contributed by atoms with Crippen LogP contribution in [0.15, 0.2) is 24.3 Å². The molecule has 10 heteroatoms. The summed E-state index contributed by atoms with van der Waals surface area (Å²) < 4.78 is 10.7. The zero-order valence-electron chi connectivity index (χ0n) is 16.9. The maximum absolute atomic E-state index is 10.0. The van der Waals surface area contributed by atoms with Crippen molar-refractivity contribution in [1.29, 1.82) is 0 Å². The Morgan fingerprint density at radius 1 is 0.562 bits per heavy atom. The first-order valence-corrected chi connectivity index (χ1v) is 10.0. The predicted octanol–water partition coefficient (Wildman–Crippen LogP) is -3.93. The van der Waals surface area contributed by atoms with E-state index in [1.807, 2.05) is 0 Å². The van der Waals surface area contributed by atoms with Gasteiger partial charge >= 0.3 is 0 Å². The summed E-state index contributed by atoms with van der Waals surface area (Å²) in [4.78, 5) is 0. The number of rotatable bonds is 2. The van der Waals surface area contributed by atoms with E-state index in [9.17, 15) is 40.9 Å². The SMILES string of the molecule is OC[C@H]1O[C@H](C#Cc2ccc(C#C[C@H]3O[C@H](CO)[C@@H](O)C(O)C3O)cc2)[C@@H](O)[C@@H](O)[C@@H]1O. The van der Waals surface area contributed by atoms with E-state index in [0.717, 1.165) is 0 Å². The summed E-state index contributed by atoms with van der Waals surface area (Å²) >= 11 is 0. The highest BCUT2D eigenvalue weighted by molar-refractivity contribution is 5.43. The second-order valence-corrected chi connectivity index (χ2v) is 7.61. The summed E-state index contributed by atoms with van der Waals surface area (Å²) in [6.45, 7) is -1.07. The van der Waals surface area contributed by atoms with Gasteiger partial charge in [-0.05, 0) is 24.3 Å². The van der Waals surface area contributed by atoms with Crippen LogP contribution in [-0.4, -0.2) is 115 Å². The van der Waals surface area contributed by atoms with Crippen LogP contribution in [0, 0.1) is 23.7 Å². The quantitative estimate of drug-likeness (QED) is 0.207. The minimum Gasteiger partial charge on any atom is -0.394 e. The molecule has 0 amide bonds. The third kappa shape index (κ3) is 5.29. The first-order chi connectivity index (χ1) is 15.3. The van der Waals surface area contributed by atoms with Crippen molar-refractivity contribution in [3.8, 4) is 23.7 Å². The number of aliphatic hydroxyl groups is 8. The first-order valence-electron chi connectivity index (χ1n) is 10.0. The van der Waals surface area contributed by atoms with Gasteiger partial charge in [0.25, 0.3) is 0 Å². The Bertz CT molecular complexity index is 805. The van der Waals surface area contributed by atoms with Gasteiger partial charge in [0.2, 0.25) is 0 Å². The highest BCUT2D eigenvalue weighted by atomic mass is 16.5. The van der Waals surface area contributed by atoms with Gasteiger partial charge in [0.1, 0.15) is 61.0 Å². The predicted molar refractivity (Wildman–Crippen MR) is 108 cm³/mol. The Balaban J connectivity index is 1.67. The topological polar surface area (TPSA) is 180 Å². The Labute approximate surface area is 184 Å². The molecule has 2 fully saturated rings. The van der Waals surface area contributed by atoms with Crippen molar-refractivity contribution in [1.82, 2.24) is 0 Å². The zero-order valence-corrected chi connectivity index (χ0v) is 16.9. The van der Waals surface area contributed by atoms with Gasteiger partial charge < -0.3 is 50.3 Å². The molecule has 0 spiro atoms. The fourth-order valence-corrected chi connectivity index (χ4v) is 3.39. The Kier molecular flexibility index (Phi) is 8.22. The van der Waals surface area contributed by atoms with Crippen LogP contribution in [-0.2, 0) is 9.47 Å². The standard InChI is InChI=1S/C22H26O10/c23-9-15-19(27)21(29)17(25)13(31-15)7-5-11-1-2-12(4-3-11)6-8-14-18(26)22(30)20(28)16(10-24)32-14/h1-4,13-30H,9-10H2/t13-,14-,15-,16-,17-,18?,19-,20-,21-,22?/m1/s1. The Hall–Kier alpha value is -2.06. The van der Waals surface area contributed by atoms with Crippen molar-refractivity contribution in [2.45, 2.75) is 61.0 Å². The van der Waals surface area contributed by atoms with Gasteiger partial charge in [-0.25, -0.2) is 0 Å². The minimum absolute atomic E-state index is 0.537. The number of hydrogen-bond donors (Lipinski definition) is 8. The monoisotopic (exact) mass is 450 g/mol. The lowest BCUT2D eigenvalue weighted by Gasteiger charge is -2.37. The van der Waals surface area contributed by atoms with Crippen LogP contribution in [0.25, 0.3) is 0 Å². The number of aliphatic hydroxyl groups excluding tert-OH is 8. The minimum atomic E-state index is -1.50. The summed E-state index contributed by atoms with van der Waals surface area (Å²) in [5.74, 6) is 10.9. The Morgan fingerprint density at radius 3 is 1.22 bits per heavy atom. The van der Waals surface area contributed by atoms with Crippen molar-refractivity contribution in [3.05, 3.63) is 35.4 Å². The molecule has 1 aromatic carbocycles. The maximum Gasteiger partial charge on any atom is 0.147 e. The van der Waals surface area contributed by atoms with Crippen molar-refractivity contribution in [3.63, 3.8) is 0 Å². The number of hydrogen-bond acceptors (Lipinski definition) is 10. The molecule has 2 aliphatic heterocycles. The molecule has 2 aliphatic rings. The van der Waals surface area contributed by atoms with Crippen LogP contribution in [0.2, 0.25) is 0 Å². The van der Waals surface area contributed by atoms with Gasteiger partial charge in [-0.2, -0.15) is 0 Å². The molecule has 2 heterocycles. The molecule has 0 bridgehead atoms. The summed E-state index contributed by atoms with van der Waals surface area (Å²) in [5.41, 5.74) is 1.08. The van der Waals surface area contributed by atoms with Crippen LogP contribution in [0.4, 0.5) is 0 Å². The maximum atomic E-state index is 10.0. The van der Waals surface area contributed by atoms with E-state index in [-0.39, 0.29) is 0 Å². The van der Waals surface area contributed by atoms with Crippen LogP contribution < -0.4 is 0 Å². The van der Waals surface area contributed by atoms with Crippen LogP contribution in [0.5, 0.6) is 0 Å². The summed E-state index contributed by atoms with van der Waals surface area (Å²) in [6, 6.07) is 6.53. The highest BCUT2D eigenvalue weighted by Crippen LogP contribution is 2.22. The normalized spacial score (nSPS) is 39.4. The van der Waals surface area contributed by atoms with Gasteiger partial charge in [-0.1, -0.05) is 23.7 Å². The van der Waals surface area contributed by atoms with Crippen molar-refractivity contribution in [2.24, 2.45) is 0 Å². The Morgan fingerprint density at radius 2 is 0.906 bits per heavy atom. The van der Waals surface area contributed by atoms with E-state index in [1.54, 1.807) is 24.3 Å². The van der Waals surface area contributed by atoms with Crippen LogP contribution in [0.3, 0.4) is 0 Å².